The molecule has 4 rings (SSSR count). The maximum absolute atomic E-state index is 13.2. The lowest BCUT2D eigenvalue weighted by molar-refractivity contribution is -0.127. The number of hydrogen-bond acceptors (Lipinski definition) is 4. The molecule has 144 valence electrons. The van der Waals surface area contributed by atoms with Gasteiger partial charge in [0.15, 0.2) is 0 Å². The Morgan fingerprint density at radius 3 is 2.85 bits per heavy atom. The van der Waals surface area contributed by atoms with Crippen molar-refractivity contribution >= 4 is 28.8 Å². The first-order chi connectivity index (χ1) is 12.9. The van der Waals surface area contributed by atoms with Crippen LogP contribution in [0.25, 0.3) is 0 Å². The topological polar surface area (TPSA) is 58.4 Å². The van der Waals surface area contributed by atoms with Crippen molar-refractivity contribution in [2.24, 2.45) is 12.5 Å². The zero-order chi connectivity index (χ0) is 19.2. The van der Waals surface area contributed by atoms with Crippen LogP contribution in [0.5, 0.6) is 0 Å². The molecule has 9 heteroatoms. The number of anilines is 1. The van der Waals surface area contributed by atoms with Gasteiger partial charge in [-0.15, -0.1) is 0 Å². The highest BCUT2D eigenvalue weighted by Crippen LogP contribution is 2.42. The lowest BCUT2D eigenvalue weighted by Crippen LogP contribution is -2.50. The van der Waals surface area contributed by atoms with Crippen LogP contribution in [0, 0.1) is 5.41 Å². The molecule has 0 bridgehead atoms. The molecule has 0 saturated carbocycles. The van der Waals surface area contributed by atoms with Crippen LogP contribution in [0.1, 0.15) is 41.7 Å². The van der Waals surface area contributed by atoms with E-state index in [1.165, 1.54) is 29.3 Å². The summed E-state index contributed by atoms with van der Waals surface area (Å²) >= 11 is 1.53. The molecule has 1 unspecified atom stereocenters. The number of amides is 2. The Labute approximate surface area is 159 Å². The molecule has 1 atom stereocenters. The zero-order valence-corrected chi connectivity index (χ0v) is 15.7. The third kappa shape index (κ3) is 3.03. The van der Waals surface area contributed by atoms with E-state index in [0.717, 1.165) is 5.69 Å². The molecule has 2 fully saturated rings. The minimum absolute atomic E-state index is 0.0265. The first-order valence-electron chi connectivity index (χ1n) is 8.86. The van der Waals surface area contributed by atoms with E-state index in [1.807, 2.05) is 16.8 Å². The van der Waals surface area contributed by atoms with E-state index in [0.29, 0.717) is 32.4 Å². The van der Waals surface area contributed by atoms with Crippen molar-refractivity contribution in [3.05, 3.63) is 34.3 Å². The van der Waals surface area contributed by atoms with Gasteiger partial charge in [-0.3, -0.25) is 14.3 Å². The van der Waals surface area contributed by atoms with Crippen LogP contribution in [-0.4, -0.2) is 46.1 Å². The van der Waals surface area contributed by atoms with Crippen molar-refractivity contribution < 1.29 is 18.4 Å². The van der Waals surface area contributed by atoms with E-state index < -0.39 is 23.4 Å². The normalized spacial score (nSPS) is 23.0. The standard InChI is InChI=1S/C18H20F2N4O2S/c1-22-9-13(14(21-22)15(19)20)16(25)23-6-2-4-18(11-23)5-7-24(17(18)26)12-3-8-27-10-12/h3,8-10,15H,2,4-7,11H2,1H3. The predicted molar refractivity (Wildman–Crippen MR) is 97.0 cm³/mol. The summed E-state index contributed by atoms with van der Waals surface area (Å²) in [5, 5.41) is 7.59. The van der Waals surface area contributed by atoms with E-state index in [-0.39, 0.29) is 18.0 Å². The number of hydrogen-bond donors (Lipinski definition) is 0. The largest absolute Gasteiger partial charge is 0.337 e. The quantitative estimate of drug-likeness (QED) is 0.804. The highest BCUT2D eigenvalue weighted by molar-refractivity contribution is 7.08. The molecule has 6 nitrogen and oxygen atoms in total. The summed E-state index contributed by atoms with van der Waals surface area (Å²) in [5.41, 5.74) is -0.315. The van der Waals surface area contributed by atoms with Crippen LogP contribution in [-0.2, 0) is 11.8 Å². The fraction of sp³-hybridized carbons (Fsp3) is 0.500. The molecule has 0 N–H and O–H groups in total. The SMILES string of the molecule is Cn1cc(C(=O)N2CCCC3(CCN(c4ccsc4)C3=O)C2)c(C(F)F)n1. The van der Waals surface area contributed by atoms with Crippen molar-refractivity contribution in [3.8, 4) is 0 Å². The maximum atomic E-state index is 13.2. The molecular formula is C18H20F2N4O2S. The molecule has 0 radical (unpaired) electrons. The number of alkyl halides is 2. The Morgan fingerprint density at radius 2 is 2.15 bits per heavy atom. The van der Waals surface area contributed by atoms with Crippen LogP contribution in [0.15, 0.2) is 23.0 Å². The lowest BCUT2D eigenvalue weighted by atomic mass is 9.78. The van der Waals surface area contributed by atoms with Gasteiger partial charge in [-0.05, 0) is 30.7 Å². The number of likely N-dealkylation sites (tertiary alicyclic amines) is 1. The third-order valence-corrected chi connectivity index (χ3v) is 6.16. The second kappa shape index (κ2) is 6.70. The van der Waals surface area contributed by atoms with E-state index in [4.69, 9.17) is 0 Å². The number of aromatic nitrogens is 2. The van der Waals surface area contributed by atoms with Crippen LogP contribution in [0.2, 0.25) is 0 Å². The Hall–Kier alpha value is -2.29. The highest BCUT2D eigenvalue weighted by atomic mass is 32.1. The van der Waals surface area contributed by atoms with Crippen LogP contribution < -0.4 is 4.90 Å². The second-order valence-electron chi connectivity index (χ2n) is 7.20. The molecule has 2 amide bonds. The minimum Gasteiger partial charge on any atom is -0.337 e. The number of piperidine rings is 1. The number of thiophene rings is 1. The number of carbonyl (C=O) groups is 2. The van der Waals surface area contributed by atoms with E-state index in [1.54, 1.807) is 9.80 Å². The smallest absolute Gasteiger partial charge is 0.282 e. The number of aryl methyl sites for hydroxylation is 1. The Balaban J connectivity index is 1.57. The molecule has 2 saturated heterocycles. The molecule has 2 aromatic heterocycles. The monoisotopic (exact) mass is 394 g/mol. The average Bonchev–Trinajstić information content (AvgIpc) is 3.36. The first-order valence-corrected chi connectivity index (χ1v) is 9.81. The molecule has 2 aromatic rings. The third-order valence-electron chi connectivity index (χ3n) is 5.49. The molecular weight excluding hydrogens is 374 g/mol. The van der Waals surface area contributed by atoms with Gasteiger partial charge in [0.1, 0.15) is 5.69 Å². The Kier molecular flexibility index (Phi) is 4.49. The number of halogens is 2. The molecule has 1 spiro atoms. The molecule has 0 aromatic carbocycles. The fourth-order valence-corrected chi connectivity index (χ4v) is 4.81. The van der Waals surface area contributed by atoms with E-state index >= 15 is 0 Å². The van der Waals surface area contributed by atoms with Crippen molar-refractivity contribution in [2.45, 2.75) is 25.7 Å². The van der Waals surface area contributed by atoms with Gasteiger partial charge in [0.2, 0.25) is 5.91 Å². The molecule has 2 aliphatic heterocycles. The summed E-state index contributed by atoms with van der Waals surface area (Å²) in [4.78, 5) is 29.4. The summed E-state index contributed by atoms with van der Waals surface area (Å²) < 4.78 is 27.7. The van der Waals surface area contributed by atoms with Gasteiger partial charge < -0.3 is 9.80 Å². The summed E-state index contributed by atoms with van der Waals surface area (Å²) in [6, 6.07) is 1.91. The van der Waals surface area contributed by atoms with Crippen molar-refractivity contribution in [1.29, 1.82) is 0 Å². The van der Waals surface area contributed by atoms with Gasteiger partial charge in [0, 0.05) is 38.3 Å². The molecule has 0 aliphatic carbocycles. The Bertz CT molecular complexity index is 867. The van der Waals surface area contributed by atoms with Crippen molar-refractivity contribution in [1.82, 2.24) is 14.7 Å². The van der Waals surface area contributed by atoms with E-state index in [9.17, 15) is 18.4 Å². The summed E-state index contributed by atoms with van der Waals surface area (Å²) in [6.45, 7) is 1.35. The van der Waals surface area contributed by atoms with Crippen molar-refractivity contribution in [3.63, 3.8) is 0 Å². The minimum atomic E-state index is -2.81. The molecule has 4 heterocycles. The lowest BCUT2D eigenvalue weighted by Gasteiger charge is -2.39. The van der Waals surface area contributed by atoms with Crippen LogP contribution >= 0.6 is 11.3 Å². The Morgan fingerprint density at radius 1 is 1.33 bits per heavy atom. The second-order valence-corrected chi connectivity index (χ2v) is 7.98. The van der Waals surface area contributed by atoms with Gasteiger partial charge in [0.25, 0.3) is 12.3 Å². The van der Waals surface area contributed by atoms with E-state index in [2.05, 4.69) is 5.10 Å². The maximum Gasteiger partial charge on any atom is 0.282 e. The summed E-state index contributed by atoms with van der Waals surface area (Å²) in [5.74, 6) is -0.446. The fourth-order valence-electron chi connectivity index (χ4n) is 4.16. The number of rotatable bonds is 3. The van der Waals surface area contributed by atoms with Crippen LogP contribution in [0.3, 0.4) is 0 Å². The summed E-state index contributed by atoms with van der Waals surface area (Å²) in [7, 11) is 1.51. The summed E-state index contributed by atoms with van der Waals surface area (Å²) in [6.07, 6.45) is 0.579. The van der Waals surface area contributed by atoms with Gasteiger partial charge in [-0.25, -0.2) is 8.78 Å². The molecule has 27 heavy (non-hydrogen) atoms. The average molecular weight is 394 g/mol. The molecule has 2 aliphatic rings. The van der Waals surface area contributed by atoms with Crippen LogP contribution in [0.4, 0.5) is 14.5 Å². The number of carbonyl (C=O) groups excluding carboxylic acids is 2. The van der Waals surface area contributed by atoms with Gasteiger partial charge >= 0.3 is 0 Å². The first kappa shape index (κ1) is 18.1. The van der Waals surface area contributed by atoms with Gasteiger partial charge in [-0.1, -0.05) is 0 Å². The predicted octanol–water partition coefficient (Wildman–Crippen LogP) is 3.08. The van der Waals surface area contributed by atoms with Gasteiger partial charge in [0.05, 0.1) is 16.7 Å². The van der Waals surface area contributed by atoms with Gasteiger partial charge in [-0.2, -0.15) is 16.4 Å². The number of nitrogens with zero attached hydrogens (tertiary/aromatic N) is 4. The zero-order valence-electron chi connectivity index (χ0n) is 14.9. The van der Waals surface area contributed by atoms with Crippen molar-refractivity contribution in [2.75, 3.05) is 24.5 Å². The highest BCUT2D eigenvalue weighted by Gasteiger charge is 2.50.